The van der Waals surface area contributed by atoms with Crippen LogP contribution in [0.1, 0.15) is 20.3 Å². The lowest BCUT2D eigenvalue weighted by Gasteiger charge is -2.08. The van der Waals surface area contributed by atoms with Crippen LogP contribution in [0.4, 0.5) is 0 Å². The fraction of sp³-hybridized carbons (Fsp3) is 0.625. The molecule has 0 aromatic heterocycles. The van der Waals surface area contributed by atoms with E-state index in [-0.39, 0.29) is 0 Å². The van der Waals surface area contributed by atoms with Crippen LogP contribution >= 0.6 is 19.2 Å². The Hall–Kier alpha value is -0.150. The third-order valence-corrected chi connectivity index (χ3v) is 2.54. The molecule has 4 nitrogen and oxygen atoms in total. The second kappa shape index (κ2) is 5.66. The van der Waals surface area contributed by atoms with Crippen molar-refractivity contribution in [2.45, 2.75) is 20.3 Å². The zero-order valence-corrected chi connectivity index (χ0v) is 9.76. The predicted molar refractivity (Wildman–Crippen MR) is 55.3 cm³/mol. The van der Waals surface area contributed by atoms with Crippen LogP contribution in [0.2, 0.25) is 0 Å². The lowest BCUT2D eigenvalue weighted by molar-refractivity contribution is -0.120. The summed E-state index contributed by atoms with van der Waals surface area (Å²) in [6.45, 7) is 3.30. The molecule has 2 N–H and O–H groups in total. The van der Waals surface area contributed by atoms with Crippen LogP contribution in [0, 0.1) is 5.92 Å². The van der Waals surface area contributed by atoms with Gasteiger partial charge in [0.25, 0.3) is 0 Å². The van der Waals surface area contributed by atoms with Crippen molar-refractivity contribution in [2.75, 3.05) is 6.16 Å². The summed E-state index contributed by atoms with van der Waals surface area (Å²) in [5.41, 5.74) is 0. The van der Waals surface area contributed by atoms with Crippen molar-refractivity contribution in [1.29, 1.82) is 0 Å². The molecule has 0 radical (unpaired) electrons. The summed E-state index contributed by atoms with van der Waals surface area (Å²) in [7, 11) is -4.23. The van der Waals surface area contributed by atoms with Gasteiger partial charge in [0.2, 0.25) is 0 Å². The maximum Gasteiger partial charge on any atom is 0.332 e. The van der Waals surface area contributed by atoms with Crippen molar-refractivity contribution >= 4 is 25.0 Å². The van der Waals surface area contributed by atoms with Gasteiger partial charge >= 0.3 is 7.60 Å². The van der Waals surface area contributed by atoms with Crippen LogP contribution in [-0.4, -0.2) is 21.7 Å². The van der Waals surface area contributed by atoms with Gasteiger partial charge in [-0.1, -0.05) is 24.6 Å². The Labute approximate surface area is 88.1 Å². The molecule has 0 fully saturated rings. The molecule has 0 bridgehead atoms. The summed E-state index contributed by atoms with van der Waals surface area (Å²) in [6.07, 6.45) is 1.38. The van der Waals surface area contributed by atoms with Crippen molar-refractivity contribution in [1.82, 2.24) is 0 Å². The van der Waals surface area contributed by atoms with Crippen LogP contribution in [0.3, 0.4) is 0 Å². The first-order valence-corrected chi connectivity index (χ1v) is 6.29. The molecular weight excluding hydrogens is 227 g/mol. The van der Waals surface area contributed by atoms with Crippen molar-refractivity contribution in [3.63, 3.8) is 0 Å². The highest BCUT2D eigenvalue weighted by atomic mass is 35.5. The first-order valence-electron chi connectivity index (χ1n) is 4.12. The van der Waals surface area contributed by atoms with Gasteiger partial charge in [-0.05, 0) is 13.3 Å². The van der Waals surface area contributed by atoms with Crippen molar-refractivity contribution in [2.24, 2.45) is 5.92 Å². The van der Waals surface area contributed by atoms with Crippen molar-refractivity contribution in [3.05, 3.63) is 11.1 Å². The number of ketones is 1. The van der Waals surface area contributed by atoms with Gasteiger partial charge in [0.05, 0.1) is 0 Å². The fourth-order valence-electron chi connectivity index (χ4n) is 0.829. The standard InChI is InChI=1S/C8H14ClO4P/c1-6(3-4-7(2)9)8(10)5-14(11,12)13/h4,6H,3,5H2,1-2H3,(H2,11,12,13). The number of halogens is 1. The summed E-state index contributed by atoms with van der Waals surface area (Å²) in [4.78, 5) is 28.3. The number of rotatable bonds is 5. The van der Waals surface area contributed by atoms with Gasteiger partial charge in [0.15, 0.2) is 0 Å². The minimum atomic E-state index is -4.23. The lowest BCUT2D eigenvalue weighted by Crippen LogP contribution is -2.14. The van der Waals surface area contributed by atoms with E-state index in [1.54, 1.807) is 19.9 Å². The van der Waals surface area contributed by atoms with E-state index in [2.05, 4.69) is 0 Å². The Morgan fingerprint density at radius 3 is 2.43 bits per heavy atom. The fourth-order valence-corrected chi connectivity index (χ4v) is 1.64. The van der Waals surface area contributed by atoms with E-state index in [1.165, 1.54) is 0 Å². The number of Topliss-reactive ketones (excluding diaryl/α,β-unsaturated/α-hetero) is 1. The van der Waals surface area contributed by atoms with Crippen molar-refractivity contribution in [3.8, 4) is 0 Å². The molecule has 0 heterocycles. The SMILES string of the molecule is CC(Cl)=CCC(C)C(=O)CP(=O)(O)O. The Kier molecular flexibility index (Phi) is 5.60. The maximum absolute atomic E-state index is 11.2. The molecule has 0 rings (SSSR count). The molecule has 6 heteroatoms. The molecule has 1 unspecified atom stereocenters. The number of carbonyl (C=O) groups is 1. The second-order valence-electron chi connectivity index (χ2n) is 3.22. The molecule has 0 saturated carbocycles. The van der Waals surface area contributed by atoms with Crippen LogP contribution in [0.5, 0.6) is 0 Å². The molecule has 1 atom stereocenters. The molecule has 82 valence electrons. The minimum absolute atomic E-state index is 0.406. The predicted octanol–water partition coefficient (Wildman–Crippen LogP) is 1.90. The Bertz CT molecular complexity index is 277. The normalized spacial score (nSPS) is 15.4. The maximum atomic E-state index is 11.2. The van der Waals surface area contributed by atoms with Crippen LogP contribution in [-0.2, 0) is 9.36 Å². The molecule has 0 spiro atoms. The van der Waals surface area contributed by atoms with Crippen molar-refractivity contribution < 1.29 is 19.1 Å². The van der Waals surface area contributed by atoms with E-state index < -0.39 is 25.5 Å². The van der Waals surface area contributed by atoms with Crippen LogP contribution in [0.15, 0.2) is 11.1 Å². The molecule has 0 amide bonds. The van der Waals surface area contributed by atoms with Gasteiger partial charge in [-0.3, -0.25) is 9.36 Å². The highest BCUT2D eigenvalue weighted by molar-refractivity contribution is 7.52. The summed E-state index contributed by atoms with van der Waals surface area (Å²) < 4.78 is 10.5. The smallest absolute Gasteiger partial charge is 0.324 e. The summed E-state index contributed by atoms with van der Waals surface area (Å²) in [6, 6.07) is 0. The third-order valence-electron chi connectivity index (χ3n) is 1.66. The van der Waals surface area contributed by atoms with E-state index in [0.717, 1.165) is 0 Å². The number of carbonyl (C=O) groups excluding carboxylic acids is 1. The Morgan fingerprint density at radius 2 is 2.07 bits per heavy atom. The monoisotopic (exact) mass is 240 g/mol. The zero-order chi connectivity index (χ0) is 11.4. The zero-order valence-electron chi connectivity index (χ0n) is 8.11. The largest absolute Gasteiger partial charge is 0.332 e. The topological polar surface area (TPSA) is 74.6 Å². The van der Waals surface area contributed by atoms with E-state index in [9.17, 15) is 9.36 Å². The van der Waals surface area contributed by atoms with Crippen LogP contribution in [0.25, 0.3) is 0 Å². The van der Waals surface area contributed by atoms with Gasteiger partial charge in [0.1, 0.15) is 11.9 Å². The number of hydrogen-bond donors (Lipinski definition) is 2. The number of allylic oxidation sites excluding steroid dienone is 2. The average molecular weight is 241 g/mol. The molecule has 0 saturated heterocycles. The first-order chi connectivity index (χ1) is 6.22. The third kappa shape index (κ3) is 7.27. The number of hydrogen-bond acceptors (Lipinski definition) is 2. The summed E-state index contributed by atoms with van der Waals surface area (Å²) >= 11 is 5.56. The molecule has 0 aliphatic rings. The molecule has 0 aromatic carbocycles. The first kappa shape index (κ1) is 13.8. The molecule has 0 aliphatic heterocycles. The van der Waals surface area contributed by atoms with E-state index in [4.69, 9.17) is 21.4 Å². The average Bonchev–Trinajstić information content (AvgIpc) is 1.96. The molecule has 14 heavy (non-hydrogen) atoms. The van der Waals surface area contributed by atoms with Gasteiger partial charge in [-0.25, -0.2) is 0 Å². The Balaban J connectivity index is 4.14. The Morgan fingerprint density at radius 1 is 1.57 bits per heavy atom. The summed E-state index contributed by atoms with van der Waals surface area (Å²) in [5.74, 6) is -0.844. The van der Waals surface area contributed by atoms with Gasteiger partial charge in [-0.15, -0.1) is 0 Å². The van der Waals surface area contributed by atoms with Gasteiger partial charge in [0, 0.05) is 11.0 Å². The highest BCUT2D eigenvalue weighted by Crippen LogP contribution is 2.35. The minimum Gasteiger partial charge on any atom is -0.324 e. The quantitative estimate of drug-likeness (QED) is 0.720. The van der Waals surface area contributed by atoms with Gasteiger partial charge in [-0.2, -0.15) is 0 Å². The summed E-state index contributed by atoms with van der Waals surface area (Å²) in [5, 5.41) is 0.570. The highest BCUT2D eigenvalue weighted by Gasteiger charge is 2.22. The molecule has 0 aliphatic carbocycles. The van der Waals surface area contributed by atoms with E-state index in [0.29, 0.717) is 11.5 Å². The lowest BCUT2D eigenvalue weighted by atomic mass is 10.0. The van der Waals surface area contributed by atoms with E-state index >= 15 is 0 Å². The molecule has 0 aromatic rings. The van der Waals surface area contributed by atoms with Gasteiger partial charge < -0.3 is 9.79 Å². The molecular formula is C8H14ClO4P. The van der Waals surface area contributed by atoms with E-state index in [1.807, 2.05) is 0 Å². The van der Waals surface area contributed by atoms with Crippen LogP contribution < -0.4 is 0 Å². The second-order valence-corrected chi connectivity index (χ2v) is 5.46.